The van der Waals surface area contributed by atoms with E-state index in [0.717, 1.165) is 83.5 Å². The van der Waals surface area contributed by atoms with Gasteiger partial charge in [-0.2, -0.15) is 0 Å². The van der Waals surface area contributed by atoms with E-state index in [4.69, 9.17) is 0 Å². The molecule has 0 aromatic rings. The van der Waals surface area contributed by atoms with Crippen molar-refractivity contribution in [2.24, 2.45) is 0 Å². The van der Waals surface area contributed by atoms with Crippen molar-refractivity contribution in [3.8, 4) is 0 Å². The Balaban J connectivity index is 3.76. The smallest absolute Gasteiger partial charge is 0.220 e. The molecule has 4 nitrogen and oxygen atoms in total. The molecule has 4 heteroatoms. The van der Waals surface area contributed by atoms with Gasteiger partial charge in [-0.05, 0) is 84.0 Å². The molecular formula is C38H61NO3. The molecule has 3 N–H and O–H groups in total. The number of hydrogen-bond donors (Lipinski definition) is 3. The van der Waals surface area contributed by atoms with E-state index in [9.17, 15) is 15.0 Å². The number of carbonyl (C=O) groups is 1. The summed E-state index contributed by atoms with van der Waals surface area (Å²) in [6.07, 6.45) is 49.3. The fraction of sp³-hybridized carbons (Fsp3) is 0.553. The number of carbonyl (C=O) groups excluding carboxylic acids is 1. The Labute approximate surface area is 258 Å². The van der Waals surface area contributed by atoms with Crippen LogP contribution in [0, 0.1) is 0 Å². The van der Waals surface area contributed by atoms with Crippen molar-refractivity contribution in [2.45, 2.75) is 129 Å². The Kier molecular flexibility index (Phi) is 30.7. The van der Waals surface area contributed by atoms with Crippen molar-refractivity contribution >= 4 is 5.91 Å². The topological polar surface area (TPSA) is 69.6 Å². The molecule has 236 valence electrons. The summed E-state index contributed by atoms with van der Waals surface area (Å²) in [5.41, 5.74) is 0. The van der Waals surface area contributed by atoms with Gasteiger partial charge in [-0.1, -0.05) is 123 Å². The summed E-state index contributed by atoms with van der Waals surface area (Å²) in [4.78, 5) is 12.2. The second kappa shape index (κ2) is 32.8. The fourth-order valence-electron chi connectivity index (χ4n) is 4.12. The third-order valence-corrected chi connectivity index (χ3v) is 6.62. The van der Waals surface area contributed by atoms with E-state index in [2.05, 4.69) is 97.3 Å². The maximum atomic E-state index is 12.2. The van der Waals surface area contributed by atoms with Crippen LogP contribution in [0.2, 0.25) is 0 Å². The Morgan fingerprint density at radius 1 is 0.619 bits per heavy atom. The standard InChI is InChI=1S/C38H61NO3/c1-3-5-7-9-11-13-14-15-16-17-18-19-20-21-22-23-24-26-28-30-32-34-38(42)39-36(35-40)37(41)33-31-29-27-25-12-10-8-6-4-2/h4-7,11-13,15-16,18-19,21-22,25,31,33,36-37,40-41H,3,8-10,14,17,20,23-24,26-30,32,34-35H2,1-2H3,(H,39,42)/b6-4+,7-5-,13-11-,16-15-,19-18-,22-21-,25-12+,33-31+. The van der Waals surface area contributed by atoms with Crippen LogP contribution in [-0.2, 0) is 4.79 Å². The van der Waals surface area contributed by atoms with Crippen LogP contribution in [0.3, 0.4) is 0 Å². The van der Waals surface area contributed by atoms with Crippen LogP contribution >= 0.6 is 0 Å². The van der Waals surface area contributed by atoms with Crippen molar-refractivity contribution in [1.82, 2.24) is 5.32 Å². The van der Waals surface area contributed by atoms with Gasteiger partial charge in [0.15, 0.2) is 0 Å². The van der Waals surface area contributed by atoms with E-state index in [0.29, 0.717) is 6.42 Å². The molecule has 0 saturated heterocycles. The zero-order valence-corrected chi connectivity index (χ0v) is 26.7. The van der Waals surface area contributed by atoms with E-state index >= 15 is 0 Å². The lowest BCUT2D eigenvalue weighted by Crippen LogP contribution is -2.45. The molecule has 0 saturated carbocycles. The van der Waals surface area contributed by atoms with Crippen LogP contribution in [0.25, 0.3) is 0 Å². The minimum atomic E-state index is -0.881. The summed E-state index contributed by atoms with van der Waals surface area (Å²) in [7, 11) is 0. The number of hydrogen-bond acceptors (Lipinski definition) is 3. The van der Waals surface area contributed by atoms with Gasteiger partial charge >= 0.3 is 0 Å². The number of aliphatic hydroxyl groups excluding tert-OH is 2. The average molecular weight is 580 g/mol. The second-order valence-electron chi connectivity index (χ2n) is 10.5. The Morgan fingerprint density at radius 2 is 1.10 bits per heavy atom. The highest BCUT2D eigenvalue weighted by atomic mass is 16.3. The predicted molar refractivity (Wildman–Crippen MR) is 183 cm³/mol. The van der Waals surface area contributed by atoms with Gasteiger partial charge in [0.05, 0.1) is 18.8 Å². The Bertz CT molecular complexity index is 844. The van der Waals surface area contributed by atoms with E-state index < -0.39 is 12.1 Å². The minimum Gasteiger partial charge on any atom is -0.394 e. The molecule has 0 fully saturated rings. The summed E-state index contributed by atoms with van der Waals surface area (Å²) in [5, 5.41) is 22.7. The Hall–Kier alpha value is -2.69. The van der Waals surface area contributed by atoms with Gasteiger partial charge in [0.25, 0.3) is 0 Å². The molecule has 0 spiro atoms. The number of unbranched alkanes of at least 4 members (excludes halogenated alkanes) is 7. The molecule has 2 atom stereocenters. The van der Waals surface area contributed by atoms with E-state index in [-0.39, 0.29) is 12.5 Å². The molecule has 0 heterocycles. The molecular weight excluding hydrogens is 518 g/mol. The van der Waals surface area contributed by atoms with Crippen LogP contribution in [-0.4, -0.2) is 34.9 Å². The van der Waals surface area contributed by atoms with Gasteiger partial charge < -0.3 is 15.5 Å². The highest BCUT2D eigenvalue weighted by molar-refractivity contribution is 5.76. The summed E-state index contributed by atoms with van der Waals surface area (Å²) in [6.45, 7) is 3.90. The van der Waals surface area contributed by atoms with Gasteiger partial charge in [0, 0.05) is 6.42 Å². The van der Waals surface area contributed by atoms with Gasteiger partial charge in [-0.25, -0.2) is 0 Å². The molecule has 42 heavy (non-hydrogen) atoms. The summed E-state index contributed by atoms with van der Waals surface area (Å²) in [5.74, 6) is -0.107. The quantitative estimate of drug-likeness (QED) is 0.0670. The average Bonchev–Trinajstić information content (AvgIpc) is 2.99. The first kappa shape index (κ1) is 39.3. The first-order valence-corrected chi connectivity index (χ1v) is 16.4. The first-order chi connectivity index (χ1) is 20.7. The molecule has 2 unspecified atom stereocenters. The fourth-order valence-corrected chi connectivity index (χ4v) is 4.12. The maximum Gasteiger partial charge on any atom is 0.220 e. The number of allylic oxidation sites excluding steroid dienone is 15. The zero-order valence-electron chi connectivity index (χ0n) is 26.7. The van der Waals surface area contributed by atoms with Crippen molar-refractivity contribution in [1.29, 1.82) is 0 Å². The van der Waals surface area contributed by atoms with Crippen molar-refractivity contribution < 1.29 is 15.0 Å². The summed E-state index contributed by atoms with van der Waals surface area (Å²) in [6, 6.07) is -0.659. The number of rotatable bonds is 27. The molecule has 0 aliphatic rings. The SMILES string of the molecule is C/C=C/CC/C=C/CC/C=C/C(O)C(CO)NC(=O)CCCCCCC/C=C\C/C=C\C/C=C\C/C=C\C/C=C\CC. The zero-order chi connectivity index (χ0) is 30.8. The highest BCUT2D eigenvalue weighted by Gasteiger charge is 2.17. The maximum absolute atomic E-state index is 12.2. The lowest BCUT2D eigenvalue weighted by Gasteiger charge is -2.19. The van der Waals surface area contributed by atoms with Crippen LogP contribution in [0.5, 0.6) is 0 Å². The van der Waals surface area contributed by atoms with Crippen molar-refractivity contribution in [3.05, 3.63) is 97.2 Å². The third-order valence-electron chi connectivity index (χ3n) is 6.62. The number of nitrogens with one attached hydrogen (secondary N) is 1. The molecule has 0 aromatic carbocycles. The van der Waals surface area contributed by atoms with Gasteiger partial charge in [0.1, 0.15) is 0 Å². The Morgan fingerprint density at radius 3 is 1.67 bits per heavy atom. The van der Waals surface area contributed by atoms with Crippen molar-refractivity contribution in [3.63, 3.8) is 0 Å². The highest BCUT2D eigenvalue weighted by Crippen LogP contribution is 2.09. The molecule has 0 aliphatic carbocycles. The van der Waals surface area contributed by atoms with Gasteiger partial charge in [-0.3, -0.25) is 4.79 Å². The van der Waals surface area contributed by atoms with Gasteiger partial charge in [-0.15, -0.1) is 0 Å². The molecule has 0 radical (unpaired) electrons. The minimum absolute atomic E-state index is 0.107. The third kappa shape index (κ3) is 28.8. The molecule has 0 aromatic heterocycles. The van der Waals surface area contributed by atoms with Crippen LogP contribution in [0.15, 0.2) is 97.2 Å². The van der Waals surface area contributed by atoms with E-state index in [1.165, 1.54) is 12.8 Å². The number of aliphatic hydroxyl groups is 2. The molecule has 0 aliphatic heterocycles. The normalized spacial score (nSPS) is 14.5. The molecule has 0 bridgehead atoms. The lowest BCUT2D eigenvalue weighted by atomic mass is 10.1. The van der Waals surface area contributed by atoms with E-state index in [1.54, 1.807) is 6.08 Å². The molecule has 0 rings (SSSR count). The first-order valence-electron chi connectivity index (χ1n) is 16.4. The molecule has 1 amide bonds. The summed E-state index contributed by atoms with van der Waals surface area (Å²) < 4.78 is 0. The second-order valence-corrected chi connectivity index (χ2v) is 10.5. The monoisotopic (exact) mass is 579 g/mol. The number of amides is 1. The van der Waals surface area contributed by atoms with E-state index in [1.807, 2.05) is 13.0 Å². The summed E-state index contributed by atoms with van der Waals surface area (Å²) >= 11 is 0. The van der Waals surface area contributed by atoms with Crippen molar-refractivity contribution in [2.75, 3.05) is 6.61 Å². The van der Waals surface area contributed by atoms with Gasteiger partial charge in [0.2, 0.25) is 5.91 Å². The predicted octanol–water partition coefficient (Wildman–Crippen LogP) is 9.56. The van der Waals surface area contributed by atoms with Crippen LogP contribution in [0.1, 0.15) is 117 Å². The van der Waals surface area contributed by atoms with Crippen LogP contribution in [0.4, 0.5) is 0 Å². The van der Waals surface area contributed by atoms with Crippen LogP contribution < -0.4 is 5.32 Å². The lowest BCUT2D eigenvalue weighted by molar-refractivity contribution is -0.123. The largest absolute Gasteiger partial charge is 0.394 e.